The van der Waals surface area contributed by atoms with Crippen LogP contribution in [0.2, 0.25) is 0 Å². The van der Waals surface area contributed by atoms with Gasteiger partial charge in [-0.15, -0.1) is 0 Å². The van der Waals surface area contributed by atoms with Gasteiger partial charge >= 0.3 is 12.1 Å². The lowest BCUT2D eigenvalue weighted by molar-refractivity contribution is -0.151. The highest BCUT2D eigenvalue weighted by molar-refractivity contribution is 6.08. The number of aromatic nitrogens is 1. The van der Waals surface area contributed by atoms with Gasteiger partial charge in [-0.2, -0.15) is 13.2 Å². The number of hydrogen-bond acceptors (Lipinski definition) is 5. The minimum Gasteiger partial charge on any atom is -0.467 e. The van der Waals surface area contributed by atoms with Gasteiger partial charge in [-0.3, -0.25) is 9.78 Å². The third-order valence-electron chi connectivity index (χ3n) is 3.24. The summed E-state index contributed by atoms with van der Waals surface area (Å²) in [4.78, 5) is 27.3. The van der Waals surface area contributed by atoms with Gasteiger partial charge in [-0.25, -0.2) is 4.79 Å². The van der Waals surface area contributed by atoms with Gasteiger partial charge in [0.2, 0.25) is 0 Å². The molecule has 122 valence electrons. The van der Waals surface area contributed by atoms with Crippen molar-refractivity contribution in [3.8, 4) is 0 Å². The van der Waals surface area contributed by atoms with Crippen molar-refractivity contribution in [2.24, 2.45) is 11.7 Å². The minimum absolute atomic E-state index is 0.0702. The monoisotopic (exact) mass is 318 g/mol. The summed E-state index contributed by atoms with van der Waals surface area (Å²) in [6.45, 7) is 2.76. The second-order valence-corrected chi connectivity index (χ2v) is 5.20. The molecule has 8 heteroatoms. The molecular formula is C14H17F3N2O3. The van der Waals surface area contributed by atoms with E-state index in [1.54, 1.807) is 0 Å². The lowest BCUT2D eigenvalue weighted by Gasteiger charge is -2.23. The summed E-state index contributed by atoms with van der Waals surface area (Å²) in [5.41, 5.74) is 3.28. The number of hydrogen-bond donors (Lipinski definition) is 1. The molecule has 5 nitrogen and oxygen atoms in total. The third kappa shape index (κ3) is 4.03. The van der Waals surface area contributed by atoms with E-state index in [0.29, 0.717) is 11.9 Å². The molecule has 1 heterocycles. The van der Waals surface area contributed by atoms with Crippen LogP contribution < -0.4 is 5.73 Å². The van der Waals surface area contributed by atoms with E-state index >= 15 is 0 Å². The van der Waals surface area contributed by atoms with E-state index < -0.39 is 34.9 Å². The van der Waals surface area contributed by atoms with Crippen LogP contribution in [0.3, 0.4) is 0 Å². The van der Waals surface area contributed by atoms with Gasteiger partial charge in [0.15, 0.2) is 11.3 Å². The largest absolute Gasteiger partial charge is 0.467 e. The van der Waals surface area contributed by atoms with Crippen molar-refractivity contribution in [1.29, 1.82) is 0 Å². The highest BCUT2D eigenvalue weighted by Crippen LogP contribution is 2.28. The van der Waals surface area contributed by atoms with E-state index in [9.17, 15) is 22.8 Å². The van der Waals surface area contributed by atoms with Crippen LogP contribution in [0.15, 0.2) is 18.3 Å². The Kier molecular flexibility index (Phi) is 5.29. The number of methoxy groups -OCH3 is 1. The van der Waals surface area contributed by atoms with E-state index in [1.807, 2.05) is 0 Å². The molecule has 0 aliphatic rings. The normalized spacial score (nSPS) is 15.8. The Bertz CT molecular complexity index is 553. The zero-order valence-corrected chi connectivity index (χ0v) is 12.4. The average Bonchev–Trinajstić information content (AvgIpc) is 2.44. The number of ether oxygens (including phenoxy) is 1. The maximum Gasteiger partial charge on any atom is 0.417 e. The zero-order chi connectivity index (χ0) is 17.1. The number of halogens is 3. The van der Waals surface area contributed by atoms with E-state index in [-0.39, 0.29) is 6.42 Å². The number of pyridine rings is 1. The Labute approximate surface area is 125 Å². The Morgan fingerprint density at radius 3 is 2.36 bits per heavy atom. The smallest absolute Gasteiger partial charge is 0.417 e. The standard InChI is InChI=1S/C14H17F3N2O3/c1-8(11(20)13(2,18)12(21)22-3)6-10-5-4-9(7-19-10)14(15,16)17/h4-5,7-8H,6,18H2,1-3H3/t8?,13-/m1/s1. The molecule has 0 saturated carbocycles. The van der Waals surface area contributed by atoms with Gasteiger partial charge < -0.3 is 10.5 Å². The maximum atomic E-state index is 12.4. The molecular weight excluding hydrogens is 301 g/mol. The number of Topliss-reactive ketones (excluding diaryl/α,β-unsaturated/α-hetero) is 1. The molecule has 0 saturated heterocycles. The summed E-state index contributed by atoms with van der Waals surface area (Å²) in [7, 11) is 1.11. The van der Waals surface area contributed by atoms with Crippen molar-refractivity contribution < 1.29 is 27.5 Å². The van der Waals surface area contributed by atoms with Crippen molar-refractivity contribution in [1.82, 2.24) is 4.98 Å². The summed E-state index contributed by atoms with van der Waals surface area (Å²) >= 11 is 0. The molecule has 22 heavy (non-hydrogen) atoms. The minimum atomic E-state index is -4.46. The first-order valence-corrected chi connectivity index (χ1v) is 6.44. The molecule has 1 aromatic heterocycles. The molecule has 0 aromatic carbocycles. The summed E-state index contributed by atoms with van der Waals surface area (Å²) < 4.78 is 41.8. The van der Waals surface area contributed by atoms with Crippen LogP contribution in [0.25, 0.3) is 0 Å². The number of carbonyl (C=O) groups excluding carboxylic acids is 2. The quantitative estimate of drug-likeness (QED) is 0.660. The maximum absolute atomic E-state index is 12.4. The Balaban J connectivity index is 2.83. The average molecular weight is 318 g/mol. The molecule has 0 bridgehead atoms. The third-order valence-corrected chi connectivity index (χ3v) is 3.24. The molecule has 0 spiro atoms. The number of nitrogens with two attached hydrogens (primary N) is 1. The van der Waals surface area contributed by atoms with Crippen LogP contribution in [0, 0.1) is 5.92 Å². The van der Waals surface area contributed by atoms with Crippen LogP contribution >= 0.6 is 0 Å². The number of esters is 1. The number of alkyl halides is 3. The summed E-state index contributed by atoms with van der Waals surface area (Å²) in [5.74, 6) is -2.14. The lowest BCUT2D eigenvalue weighted by Crippen LogP contribution is -2.55. The first-order chi connectivity index (χ1) is 10.00. The van der Waals surface area contributed by atoms with Crippen LogP contribution in [0.1, 0.15) is 25.1 Å². The fourth-order valence-corrected chi connectivity index (χ4v) is 1.94. The van der Waals surface area contributed by atoms with Gasteiger partial charge in [0.05, 0.1) is 12.7 Å². The highest BCUT2D eigenvalue weighted by Gasteiger charge is 2.40. The Morgan fingerprint density at radius 2 is 1.95 bits per heavy atom. The van der Waals surface area contributed by atoms with Crippen molar-refractivity contribution in [2.45, 2.75) is 32.0 Å². The fraction of sp³-hybridized carbons (Fsp3) is 0.500. The molecule has 0 aliphatic carbocycles. The number of carbonyl (C=O) groups is 2. The SMILES string of the molecule is COC(=O)[C@](C)(N)C(=O)C(C)Cc1ccc(C(F)(F)F)cn1. The van der Waals surface area contributed by atoms with Gasteiger partial charge in [0.1, 0.15) is 0 Å². The van der Waals surface area contributed by atoms with Crippen molar-refractivity contribution in [3.05, 3.63) is 29.6 Å². The van der Waals surface area contributed by atoms with Gasteiger partial charge in [0.25, 0.3) is 0 Å². The van der Waals surface area contributed by atoms with Crippen LogP contribution in [0.4, 0.5) is 13.2 Å². The molecule has 0 fully saturated rings. The van der Waals surface area contributed by atoms with Crippen molar-refractivity contribution in [2.75, 3.05) is 7.11 Å². The lowest BCUT2D eigenvalue weighted by atomic mass is 9.86. The van der Waals surface area contributed by atoms with E-state index in [2.05, 4.69) is 9.72 Å². The zero-order valence-electron chi connectivity index (χ0n) is 12.4. The Hall–Kier alpha value is -1.96. The molecule has 1 unspecified atom stereocenters. The second kappa shape index (κ2) is 6.43. The molecule has 1 rings (SSSR count). The topological polar surface area (TPSA) is 82.3 Å². The van der Waals surface area contributed by atoms with Gasteiger partial charge in [0, 0.05) is 17.8 Å². The number of rotatable bonds is 5. The van der Waals surface area contributed by atoms with Gasteiger partial charge in [-0.05, 0) is 25.5 Å². The van der Waals surface area contributed by atoms with Crippen LogP contribution in [0.5, 0.6) is 0 Å². The summed E-state index contributed by atoms with van der Waals surface area (Å²) in [6, 6.07) is 2.08. The van der Waals surface area contributed by atoms with Crippen molar-refractivity contribution >= 4 is 11.8 Å². The van der Waals surface area contributed by atoms with E-state index in [1.165, 1.54) is 19.9 Å². The summed E-state index contributed by atoms with van der Waals surface area (Å²) in [5, 5.41) is 0. The molecule has 0 amide bonds. The highest BCUT2D eigenvalue weighted by atomic mass is 19.4. The molecule has 0 radical (unpaired) electrons. The fourth-order valence-electron chi connectivity index (χ4n) is 1.94. The first kappa shape index (κ1) is 18.1. The molecule has 1 aromatic rings. The Morgan fingerprint density at radius 1 is 1.36 bits per heavy atom. The summed E-state index contributed by atoms with van der Waals surface area (Å²) in [6.07, 6.45) is -3.69. The first-order valence-electron chi connectivity index (χ1n) is 6.44. The van der Waals surface area contributed by atoms with Crippen molar-refractivity contribution in [3.63, 3.8) is 0 Å². The van der Waals surface area contributed by atoms with Crippen LogP contribution in [-0.2, 0) is 26.9 Å². The van der Waals surface area contributed by atoms with Gasteiger partial charge in [-0.1, -0.05) is 6.92 Å². The number of ketones is 1. The van der Waals surface area contributed by atoms with E-state index in [4.69, 9.17) is 5.73 Å². The molecule has 0 aliphatic heterocycles. The molecule has 2 N–H and O–H groups in total. The second-order valence-electron chi connectivity index (χ2n) is 5.20. The number of nitrogens with zero attached hydrogens (tertiary/aromatic N) is 1. The van der Waals surface area contributed by atoms with E-state index in [0.717, 1.165) is 13.2 Å². The molecule has 2 atom stereocenters. The van der Waals surface area contributed by atoms with Crippen LogP contribution in [-0.4, -0.2) is 29.4 Å². The predicted molar refractivity (Wildman–Crippen MR) is 71.7 cm³/mol. The predicted octanol–water partition coefficient (Wildman–Crippen LogP) is 1.74.